The first-order valence-electron chi connectivity index (χ1n) is 20.3. The largest absolute Gasteiger partial charge is 0.545 e. The number of hydrogen-bond acceptors (Lipinski definition) is 8. The number of rotatable bonds is 36. The molecule has 0 aromatic rings. The van der Waals surface area contributed by atoms with Crippen LogP contribution in [0, 0.1) is 0 Å². The molecular formula is C43H75NO8. The summed E-state index contributed by atoms with van der Waals surface area (Å²) < 4.78 is 22.4. The predicted molar refractivity (Wildman–Crippen MR) is 209 cm³/mol. The van der Waals surface area contributed by atoms with Crippen molar-refractivity contribution in [2.24, 2.45) is 0 Å². The lowest BCUT2D eigenvalue weighted by Gasteiger charge is -2.26. The third-order valence-corrected chi connectivity index (χ3v) is 8.34. The molecule has 0 aromatic heterocycles. The van der Waals surface area contributed by atoms with Gasteiger partial charge in [0.25, 0.3) is 0 Å². The van der Waals surface area contributed by atoms with Gasteiger partial charge in [-0.15, -0.1) is 0 Å². The third kappa shape index (κ3) is 35.6. The molecule has 0 saturated carbocycles. The number of nitrogens with zero attached hydrogens (tertiary/aromatic N) is 1. The molecule has 0 aliphatic heterocycles. The zero-order valence-electron chi connectivity index (χ0n) is 33.7. The molecule has 0 spiro atoms. The number of hydrogen-bond donors (Lipinski definition) is 0. The van der Waals surface area contributed by atoms with E-state index in [9.17, 15) is 19.5 Å². The number of allylic oxidation sites excluding steroid dienone is 8. The second-order valence-corrected chi connectivity index (χ2v) is 14.5. The molecule has 0 rings (SSSR count). The Hall–Kier alpha value is -2.75. The van der Waals surface area contributed by atoms with E-state index in [1.807, 2.05) is 21.1 Å². The molecule has 0 heterocycles. The van der Waals surface area contributed by atoms with Crippen molar-refractivity contribution < 1.29 is 42.9 Å². The first-order chi connectivity index (χ1) is 25.1. The first-order valence-corrected chi connectivity index (χ1v) is 20.3. The Kier molecular flexibility index (Phi) is 33.4. The fourth-order valence-corrected chi connectivity index (χ4v) is 5.17. The van der Waals surface area contributed by atoms with Gasteiger partial charge < -0.3 is 33.3 Å². The third-order valence-electron chi connectivity index (χ3n) is 8.34. The van der Waals surface area contributed by atoms with Crippen LogP contribution in [0.4, 0.5) is 0 Å². The topological polar surface area (TPSA) is 111 Å². The van der Waals surface area contributed by atoms with Crippen molar-refractivity contribution in [1.29, 1.82) is 0 Å². The fourth-order valence-electron chi connectivity index (χ4n) is 5.17. The van der Waals surface area contributed by atoms with E-state index >= 15 is 0 Å². The van der Waals surface area contributed by atoms with Gasteiger partial charge in [0.05, 0.1) is 40.3 Å². The van der Waals surface area contributed by atoms with Gasteiger partial charge >= 0.3 is 11.9 Å². The van der Waals surface area contributed by atoms with Crippen LogP contribution < -0.4 is 5.11 Å². The average molecular weight is 734 g/mol. The lowest BCUT2D eigenvalue weighted by Crippen LogP contribution is -2.44. The van der Waals surface area contributed by atoms with Crippen LogP contribution in [0.25, 0.3) is 0 Å². The molecule has 0 bridgehead atoms. The summed E-state index contributed by atoms with van der Waals surface area (Å²) in [6, 6.07) is 0. The predicted octanol–water partition coefficient (Wildman–Crippen LogP) is 8.71. The number of esters is 2. The number of carbonyl (C=O) groups excluding carboxylic acids is 3. The maximum absolute atomic E-state index is 12.7. The van der Waals surface area contributed by atoms with E-state index in [1.165, 1.54) is 38.5 Å². The minimum atomic E-state index is -1.62. The van der Waals surface area contributed by atoms with Crippen LogP contribution in [0.3, 0.4) is 0 Å². The zero-order valence-corrected chi connectivity index (χ0v) is 33.7. The standard InChI is InChI=1S/C43H75NO8/c1-6-8-10-12-14-15-16-17-18-19-20-21-22-23-24-25-26-27-28-30-32-34-41(46)52-39(37-50-40(45)33-31-29-13-11-9-7-2)38-51-43(42(47)48)49-36-35-44(3,4)5/h8,10,14-15,17-18,20-21,39,43H,6-7,9,11-13,16,19,22-38H2,1-5H3/b10-8-,15-14-,18-17-,21-20-. The second kappa shape index (κ2) is 35.3. The average Bonchev–Trinajstić information content (AvgIpc) is 3.10. The minimum Gasteiger partial charge on any atom is -0.545 e. The molecule has 2 atom stereocenters. The van der Waals surface area contributed by atoms with E-state index in [-0.39, 0.29) is 38.6 Å². The highest BCUT2D eigenvalue weighted by atomic mass is 16.7. The number of ether oxygens (including phenoxy) is 4. The Morgan fingerprint density at radius 2 is 1.10 bits per heavy atom. The highest BCUT2D eigenvalue weighted by Crippen LogP contribution is 2.13. The summed E-state index contributed by atoms with van der Waals surface area (Å²) in [7, 11) is 5.89. The van der Waals surface area contributed by atoms with Crippen molar-refractivity contribution in [3.8, 4) is 0 Å². The highest BCUT2D eigenvalue weighted by molar-refractivity contribution is 5.70. The van der Waals surface area contributed by atoms with Gasteiger partial charge in [-0.3, -0.25) is 9.59 Å². The first kappa shape index (κ1) is 49.2. The van der Waals surface area contributed by atoms with Gasteiger partial charge in [0.15, 0.2) is 12.4 Å². The fraction of sp³-hybridized carbons (Fsp3) is 0.744. The maximum atomic E-state index is 12.7. The molecule has 0 N–H and O–H groups in total. The molecule has 9 heteroatoms. The van der Waals surface area contributed by atoms with Crippen LogP contribution in [-0.4, -0.2) is 82.3 Å². The molecule has 0 amide bonds. The quantitative estimate of drug-likeness (QED) is 0.0207. The summed E-state index contributed by atoms with van der Waals surface area (Å²) in [6.07, 6.45) is 36.0. The summed E-state index contributed by atoms with van der Waals surface area (Å²) in [6.45, 7) is 4.52. The lowest BCUT2D eigenvalue weighted by molar-refractivity contribution is -0.870. The molecule has 52 heavy (non-hydrogen) atoms. The van der Waals surface area contributed by atoms with Gasteiger partial charge in [0.2, 0.25) is 0 Å². The van der Waals surface area contributed by atoms with Crippen molar-refractivity contribution in [1.82, 2.24) is 0 Å². The summed E-state index contributed by atoms with van der Waals surface area (Å²) in [4.78, 5) is 36.6. The number of carboxylic acids is 1. The number of carboxylic acid groups (broad SMARTS) is 1. The van der Waals surface area contributed by atoms with Crippen LogP contribution in [0.1, 0.15) is 149 Å². The number of unbranched alkanes of at least 4 members (excludes halogenated alkanes) is 13. The highest BCUT2D eigenvalue weighted by Gasteiger charge is 2.21. The molecule has 0 radical (unpaired) electrons. The van der Waals surface area contributed by atoms with E-state index < -0.39 is 24.3 Å². The molecule has 0 aliphatic rings. The van der Waals surface area contributed by atoms with Crippen molar-refractivity contribution in [3.63, 3.8) is 0 Å². The molecule has 0 aliphatic carbocycles. The molecule has 300 valence electrons. The minimum absolute atomic E-state index is 0.145. The van der Waals surface area contributed by atoms with E-state index in [4.69, 9.17) is 18.9 Å². The van der Waals surface area contributed by atoms with Crippen molar-refractivity contribution in [2.75, 3.05) is 47.5 Å². The SMILES string of the molecule is CC/C=C\C/C=C\C/C=C\C/C=C\CCCCCCCCCCC(=O)OC(COC(=O)CCCCCCCC)COC(OCC[N+](C)(C)C)C(=O)[O-]. The molecule has 0 saturated heterocycles. The Labute approximate surface area is 317 Å². The van der Waals surface area contributed by atoms with Crippen LogP contribution in [-0.2, 0) is 33.3 Å². The Bertz CT molecular complexity index is 998. The molecule has 2 unspecified atom stereocenters. The normalized spacial score (nSPS) is 13.5. The Balaban J connectivity index is 4.34. The van der Waals surface area contributed by atoms with E-state index in [0.29, 0.717) is 17.4 Å². The number of carbonyl (C=O) groups is 3. The van der Waals surface area contributed by atoms with Gasteiger partial charge in [-0.25, -0.2) is 0 Å². The monoisotopic (exact) mass is 734 g/mol. The van der Waals surface area contributed by atoms with Gasteiger partial charge in [0, 0.05) is 12.8 Å². The van der Waals surface area contributed by atoms with Crippen molar-refractivity contribution >= 4 is 17.9 Å². The molecule has 0 aromatic carbocycles. The summed E-state index contributed by atoms with van der Waals surface area (Å²) in [5.41, 5.74) is 0. The summed E-state index contributed by atoms with van der Waals surface area (Å²) in [5.74, 6) is -2.31. The number of aliphatic carboxylic acids is 1. The molecule has 9 nitrogen and oxygen atoms in total. The maximum Gasteiger partial charge on any atom is 0.306 e. The molecule has 0 fully saturated rings. The van der Waals surface area contributed by atoms with Gasteiger partial charge in [-0.2, -0.15) is 0 Å². The van der Waals surface area contributed by atoms with Gasteiger partial charge in [-0.05, 0) is 51.4 Å². The van der Waals surface area contributed by atoms with Crippen LogP contribution >= 0.6 is 0 Å². The van der Waals surface area contributed by atoms with E-state index in [0.717, 1.165) is 77.0 Å². The number of quaternary nitrogens is 1. The summed E-state index contributed by atoms with van der Waals surface area (Å²) in [5, 5.41) is 11.6. The van der Waals surface area contributed by atoms with Crippen molar-refractivity contribution in [2.45, 2.75) is 161 Å². The zero-order chi connectivity index (χ0) is 38.5. The van der Waals surface area contributed by atoms with Gasteiger partial charge in [-0.1, -0.05) is 133 Å². The second-order valence-electron chi connectivity index (χ2n) is 14.5. The van der Waals surface area contributed by atoms with E-state index in [2.05, 4.69) is 62.5 Å². The smallest absolute Gasteiger partial charge is 0.306 e. The van der Waals surface area contributed by atoms with Crippen molar-refractivity contribution in [3.05, 3.63) is 48.6 Å². The Morgan fingerprint density at radius 1 is 0.596 bits per heavy atom. The lowest BCUT2D eigenvalue weighted by atomic mass is 10.1. The van der Waals surface area contributed by atoms with Crippen LogP contribution in [0.2, 0.25) is 0 Å². The van der Waals surface area contributed by atoms with Gasteiger partial charge in [0.1, 0.15) is 13.2 Å². The van der Waals surface area contributed by atoms with Crippen LogP contribution in [0.15, 0.2) is 48.6 Å². The Morgan fingerprint density at radius 3 is 1.63 bits per heavy atom. The van der Waals surface area contributed by atoms with E-state index in [1.54, 1.807) is 0 Å². The van der Waals surface area contributed by atoms with Crippen LogP contribution in [0.5, 0.6) is 0 Å². The molecular weight excluding hydrogens is 658 g/mol. The number of likely N-dealkylation sites (N-methyl/N-ethyl adjacent to an activating group) is 1. The summed E-state index contributed by atoms with van der Waals surface area (Å²) >= 11 is 0.